The Morgan fingerprint density at radius 3 is 2.29 bits per heavy atom. The Morgan fingerprint density at radius 2 is 1.68 bits per heavy atom. The van der Waals surface area contributed by atoms with Crippen LogP contribution in [0, 0.1) is 0 Å². The zero-order valence-electron chi connectivity index (χ0n) is 18.4. The maximum Gasteiger partial charge on any atom is 0.279 e. The predicted molar refractivity (Wildman–Crippen MR) is 128 cm³/mol. The number of rotatable bonds is 8. The second-order valence-electron chi connectivity index (χ2n) is 7.57. The van der Waals surface area contributed by atoms with Crippen LogP contribution < -0.4 is 15.5 Å². The number of hydrogen-bond donors (Lipinski definition) is 5. The zero-order valence-corrected chi connectivity index (χ0v) is 18.4. The largest absolute Gasteiger partial charge is 0.494 e. The number of anilines is 1. The summed E-state index contributed by atoms with van der Waals surface area (Å²) in [5, 5.41) is 31.2. The van der Waals surface area contributed by atoms with E-state index in [9.17, 15) is 15.1 Å². The number of ether oxygens (including phenoxy) is 1. The number of nitrogens with one attached hydrogen (secondary N) is 2. The third-order valence-corrected chi connectivity index (χ3v) is 5.40. The number of hydroxylamine groups is 1. The van der Waals surface area contributed by atoms with Gasteiger partial charge in [0.2, 0.25) is 0 Å². The standard InChI is InChI=1S/C25H24N4O5/c1-34-24-22(25(32)29-33)20-13-26-11-10-21(20)28-23(24)17-4-2-15(3-5-17)16-6-8-18(9-7-16)27-12-19(31)14-30/h2-11,13,19,27,30-31,33H,12,14H2,1H3,(H,29,32). The summed E-state index contributed by atoms with van der Waals surface area (Å²) in [6.45, 7) is -0.0329. The van der Waals surface area contributed by atoms with Gasteiger partial charge >= 0.3 is 0 Å². The summed E-state index contributed by atoms with van der Waals surface area (Å²) in [7, 11) is 1.44. The number of carbonyl (C=O) groups excluding carboxylic acids is 1. The molecule has 0 fully saturated rings. The van der Waals surface area contributed by atoms with Crippen LogP contribution in [-0.4, -0.2) is 57.7 Å². The topological polar surface area (TPSA) is 137 Å². The third kappa shape index (κ3) is 4.67. The molecule has 4 aromatic rings. The fourth-order valence-corrected chi connectivity index (χ4v) is 3.67. The minimum atomic E-state index is -0.812. The molecule has 34 heavy (non-hydrogen) atoms. The molecule has 0 saturated carbocycles. The van der Waals surface area contributed by atoms with Crippen molar-refractivity contribution in [2.45, 2.75) is 6.10 Å². The molecule has 1 amide bonds. The zero-order chi connectivity index (χ0) is 24.1. The molecule has 9 heteroatoms. The molecule has 0 bridgehead atoms. The summed E-state index contributed by atoms with van der Waals surface area (Å²) >= 11 is 0. The van der Waals surface area contributed by atoms with Gasteiger partial charge in [0, 0.05) is 35.6 Å². The second kappa shape index (κ2) is 10.3. The van der Waals surface area contributed by atoms with Crippen LogP contribution in [0.15, 0.2) is 67.0 Å². The van der Waals surface area contributed by atoms with Gasteiger partial charge in [-0.15, -0.1) is 0 Å². The van der Waals surface area contributed by atoms with Crippen LogP contribution in [-0.2, 0) is 0 Å². The number of aliphatic hydroxyl groups is 2. The first kappa shape index (κ1) is 23.1. The van der Waals surface area contributed by atoms with E-state index in [-0.39, 0.29) is 24.5 Å². The average molecular weight is 460 g/mol. The number of fused-ring (bicyclic) bond motifs is 1. The smallest absolute Gasteiger partial charge is 0.279 e. The van der Waals surface area contributed by atoms with Crippen LogP contribution in [0.2, 0.25) is 0 Å². The van der Waals surface area contributed by atoms with E-state index in [2.05, 4.69) is 15.3 Å². The van der Waals surface area contributed by atoms with Crippen molar-refractivity contribution in [1.29, 1.82) is 0 Å². The second-order valence-corrected chi connectivity index (χ2v) is 7.57. The van der Waals surface area contributed by atoms with Crippen molar-refractivity contribution >= 4 is 22.5 Å². The molecule has 4 rings (SSSR count). The first-order valence-electron chi connectivity index (χ1n) is 10.6. The van der Waals surface area contributed by atoms with Crippen molar-refractivity contribution in [2.24, 2.45) is 0 Å². The molecule has 0 aliphatic heterocycles. The van der Waals surface area contributed by atoms with E-state index in [1.807, 2.05) is 48.5 Å². The van der Waals surface area contributed by atoms with E-state index in [0.717, 1.165) is 22.4 Å². The summed E-state index contributed by atoms with van der Waals surface area (Å²) in [4.78, 5) is 21.2. The van der Waals surface area contributed by atoms with Gasteiger partial charge in [0.25, 0.3) is 5.91 Å². The first-order valence-corrected chi connectivity index (χ1v) is 10.6. The summed E-state index contributed by atoms with van der Waals surface area (Å²) in [6, 6.07) is 17.0. The Bertz CT molecular complexity index is 1290. The highest BCUT2D eigenvalue weighted by Crippen LogP contribution is 2.36. The number of amides is 1. The number of benzene rings is 2. The Hall–Kier alpha value is -4.05. The van der Waals surface area contributed by atoms with Gasteiger partial charge in [0.1, 0.15) is 5.69 Å². The van der Waals surface area contributed by atoms with Crippen LogP contribution >= 0.6 is 0 Å². The van der Waals surface area contributed by atoms with Gasteiger partial charge in [-0.05, 0) is 29.3 Å². The van der Waals surface area contributed by atoms with Crippen molar-refractivity contribution in [3.05, 3.63) is 72.6 Å². The van der Waals surface area contributed by atoms with Crippen molar-refractivity contribution < 1.29 is 25.0 Å². The fraction of sp³-hybridized carbons (Fsp3) is 0.160. The number of aromatic nitrogens is 2. The monoisotopic (exact) mass is 460 g/mol. The van der Waals surface area contributed by atoms with Crippen molar-refractivity contribution in [3.8, 4) is 28.1 Å². The predicted octanol–water partition coefficient (Wildman–Crippen LogP) is 2.86. The SMILES string of the molecule is COc1c(-c2ccc(-c3ccc(NCC(O)CO)cc3)cc2)nc2ccncc2c1C(=O)NO. The lowest BCUT2D eigenvalue weighted by molar-refractivity contribution is 0.0705. The lowest BCUT2D eigenvalue weighted by Gasteiger charge is -2.15. The van der Waals surface area contributed by atoms with E-state index in [4.69, 9.17) is 9.84 Å². The summed E-state index contributed by atoms with van der Waals surface area (Å²) in [5.41, 5.74) is 6.37. The summed E-state index contributed by atoms with van der Waals surface area (Å²) in [6.07, 6.45) is 2.28. The number of nitrogens with zero attached hydrogens (tertiary/aromatic N) is 2. The Kier molecular flexibility index (Phi) is 6.98. The van der Waals surface area contributed by atoms with Gasteiger partial charge in [0.15, 0.2) is 5.75 Å². The molecule has 1 atom stereocenters. The molecule has 0 aliphatic rings. The van der Waals surface area contributed by atoms with Crippen LogP contribution in [0.5, 0.6) is 5.75 Å². The molecule has 2 heterocycles. The highest BCUT2D eigenvalue weighted by molar-refractivity contribution is 6.09. The van der Waals surface area contributed by atoms with Crippen LogP contribution in [0.1, 0.15) is 10.4 Å². The van der Waals surface area contributed by atoms with Crippen molar-refractivity contribution in [2.75, 3.05) is 25.6 Å². The number of carbonyl (C=O) groups is 1. The van der Waals surface area contributed by atoms with E-state index >= 15 is 0 Å². The maximum atomic E-state index is 12.4. The normalized spacial score (nSPS) is 11.8. The van der Waals surface area contributed by atoms with Crippen LogP contribution in [0.25, 0.3) is 33.3 Å². The molecule has 5 N–H and O–H groups in total. The van der Waals surface area contributed by atoms with Gasteiger partial charge in [-0.1, -0.05) is 36.4 Å². The molecule has 2 aromatic carbocycles. The molecule has 0 radical (unpaired) electrons. The average Bonchev–Trinajstić information content (AvgIpc) is 2.90. The van der Waals surface area contributed by atoms with Gasteiger partial charge in [-0.25, -0.2) is 10.5 Å². The quantitative estimate of drug-likeness (QED) is 0.200. The lowest BCUT2D eigenvalue weighted by atomic mass is 9.99. The summed E-state index contributed by atoms with van der Waals surface area (Å²) in [5.74, 6) is -0.476. The molecule has 174 valence electrons. The van der Waals surface area contributed by atoms with E-state index in [1.54, 1.807) is 17.7 Å². The third-order valence-electron chi connectivity index (χ3n) is 5.40. The molecule has 2 aromatic heterocycles. The molecule has 1 unspecified atom stereocenters. The molecular formula is C25H24N4O5. The van der Waals surface area contributed by atoms with E-state index < -0.39 is 12.0 Å². The highest BCUT2D eigenvalue weighted by atomic mass is 16.5. The minimum absolute atomic E-state index is 0.150. The van der Waals surface area contributed by atoms with Gasteiger partial charge < -0.3 is 20.3 Å². The Labute approximate surface area is 195 Å². The van der Waals surface area contributed by atoms with Crippen LogP contribution in [0.3, 0.4) is 0 Å². The maximum absolute atomic E-state index is 12.4. The van der Waals surface area contributed by atoms with E-state index in [1.165, 1.54) is 13.3 Å². The van der Waals surface area contributed by atoms with Gasteiger partial charge in [-0.3, -0.25) is 15.0 Å². The Balaban J connectivity index is 1.67. The molecular weight excluding hydrogens is 436 g/mol. The van der Waals surface area contributed by atoms with Gasteiger partial charge in [0.05, 0.1) is 30.9 Å². The highest BCUT2D eigenvalue weighted by Gasteiger charge is 2.22. The van der Waals surface area contributed by atoms with Crippen LogP contribution in [0.4, 0.5) is 5.69 Å². The first-order chi connectivity index (χ1) is 16.5. The fourth-order valence-electron chi connectivity index (χ4n) is 3.67. The summed E-state index contributed by atoms with van der Waals surface area (Å²) < 4.78 is 5.54. The number of methoxy groups -OCH3 is 1. The molecule has 0 spiro atoms. The minimum Gasteiger partial charge on any atom is -0.494 e. The number of hydrogen-bond acceptors (Lipinski definition) is 8. The molecule has 0 saturated heterocycles. The van der Waals surface area contributed by atoms with E-state index in [0.29, 0.717) is 16.6 Å². The van der Waals surface area contributed by atoms with Crippen molar-refractivity contribution in [1.82, 2.24) is 15.4 Å². The Morgan fingerprint density at radius 1 is 1.03 bits per heavy atom. The van der Waals surface area contributed by atoms with Crippen molar-refractivity contribution in [3.63, 3.8) is 0 Å². The molecule has 0 aliphatic carbocycles. The molecule has 9 nitrogen and oxygen atoms in total. The number of pyridine rings is 2. The van der Waals surface area contributed by atoms with Gasteiger partial charge in [-0.2, -0.15) is 0 Å². The number of aliphatic hydroxyl groups excluding tert-OH is 2. The lowest BCUT2D eigenvalue weighted by Crippen LogP contribution is -2.22.